The number of piperidine rings is 1. The zero-order chi connectivity index (χ0) is 17.4. The molecule has 1 aliphatic heterocycles. The first-order valence-corrected chi connectivity index (χ1v) is 9.40. The van der Waals surface area contributed by atoms with Crippen LogP contribution in [0.2, 0.25) is 15.2 Å². The van der Waals surface area contributed by atoms with Crippen molar-refractivity contribution >= 4 is 46.0 Å². The molecule has 2 aromatic heterocycles. The molecule has 130 valence electrons. The summed E-state index contributed by atoms with van der Waals surface area (Å²) in [6.45, 7) is 2.88. The van der Waals surface area contributed by atoms with E-state index in [-0.39, 0.29) is 0 Å². The van der Waals surface area contributed by atoms with E-state index in [4.69, 9.17) is 34.8 Å². The van der Waals surface area contributed by atoms with Crippen LogP contribution in [0.1, 0.15) is 30.1 Å². The predicted octanol–water partition coefficient (Wildman–Crippen LogP) is 5.30. The van der Waals surface area contributed by atoms with Crippen LogP contribution in [0.5, 0.6) is 0 Å². The summed E-state index contributed by atoms with van der Waals surface area (Å²) in [5.41, 5.74) is 2.79. The minimum Gasteiger partial charge on any atom is -0.340 e. The third kappa shape index (κ3) is 3.77. The van der Waals surface area contributed by atoms with Gasteiger partial charge in [-0.1, -0.05) is 40.9 Å². The lowest BCUT2D eigenvalue weighted by Crippen LogP contribution is -2.34. The third-order valence-electron chi connectivity index (χ3n) is 4.61. The molecule has 4 rings (SSSR count). The van der Waals surface area contributed by atoms with Crippen molar-refractivity contribution in [2.45, 2.75) is 25.3 Å². The van der Waals surface area contributed by atoms with Crippen molar-refractivity contribution in [1.29, 1.82) is 0 Å². The monoisotopic (exact) mass is 394 g/mol. The van der Waals surface area contributed by atoms with E-state index in [1.165, 1.54) is 5.56 Å². The van der Waals surface area contributed by atoms with E-state index < -0.39 is 0 Å². The second-order valence-electron chi connectivity index (χ2n) is 6.45. The Morgan fingerprint density at radius 1 is 1.08 bits per heavy atom. The van der Waals surface area contributed by atoms with Crippen LogP contribution in [0, 0.1) is 0 Å². The number of likely N-dealkylation sites (tertiary alicyclic amines) is 1. The van der Waals surface area contributed by atoms with Gasteiger partial charge in [0, 0.05) is 19.0 Å². The van der Waals surface area contributed by atoms with Gasteiger partial charge in [0.25, 0.3) is 0 Å². The number of nitrogens with one attached hydrogen (secondary N) is 1. The molecule has 0 amide bonds. The van der Waals surface area contributed by atoms with Gasteiger partial charge in [0.2, 0.25) is 0 Å². The maximum absolute atomic E-state index is 6.13. The van der Waals surface area contributed by atoms with Crippen LogP contribution in [0.15, 0.2) is 30.3 Å². The van der Waals surface area contributed by atoms with Crippen molar-refractivity contribution in [3.05, 3.63) is 56.9 Å². The number of aromatic nitrogens is 3. The normalized spacial score (nSPS) is 18.8. The summed E-state index contributed by atoms with van der Waals surface area (Å²) in [6.07, 6.45) is 2.25. The maximum Gasteiger partial charge on any atom is 0.179 e. The summed E-state index contributed by atoms with van der Waals surface area (Å²) < 4.78 is 0. The first kappa shape index (κ1) is 17.1. The van der Waals surface area contributed by atoms with Crippen molar-refractivity contribution in [2.75, 3.05) is 13.1 Å². The summed E-state index contributed by atoms with van der Waals surface area (Å²) in [5.74, 6) is 1.35. The first-order valence-electron chi connectivity index (χ1n) is 8.27. The number of rotatable bonds is 3. The van der Waals surface area contributed by atoms with Crippen molar-refractivity contribution < 1.29 is 0 Å². The van der Waals surface area contributed by atoms with E-state index in [0.717, 1.165) is 43.8 Å². The van der Waals surface area contributed by atoms with Crippen LogP contribution in [0.4, 0.5) is 0 Å². The molecule has 1 fully saturated rings. The van der Waals surface area contributed by atoms with E-state index in [1.54, 1.807) is 6.07 Å². The molecule has 1 aliphatic rings. The standard InChI is InChI=1S/C18H17Cl3N4/c19-13-4-3-11(8-14(13)20)9-25-7-1-2-12(10-25)17-22-15-5-6-16(21)23-18(15)24-17/h3-6,8,12H,1-2,7,9-10H2,(H,22,23,24)/t12-/m0/s1. The second kappa shape index (κ2) is 7.12. The van der Waals surface area contributed by atoms with Gasteiger partial charge in [-0.15, -0.1) is 0 Å². The number of halogens is 3. The SMILES string of the molecule is Clc1ccc2[nH]c([C@H]3CCCN(Cc4ccc(Cl)c(Cl)c4)C3)nc2n1. The van der Waals surface area contributed by atoms with Gasteiger partial charge >= 0.3 is 0 Å². The third-order valence-corrected chi connectivity index (χ3v) is 5.56. The largest absolute Gasteiger partial charge is 0.340 e. The minimum absolute atomic E-state index is 0.365. The molecule has 1 atom stereocenters. The van der Waals surface area contributed by atoms with Crippen LogP contribution >= 0.6 is 34.8 Å². The molecule has 0 saturated carbocycles. The molecule has 1 aromatic carbocycles. The topological polar surface area (TPSA) is 44.8 Å². The summed E-state index contributed by atoms with van der Waals surface area (Å²) in [6, 6.07) is 9.54. The molecule has 7 heteroatoms. The molecule has 0 aliphatic carbocycles. The number of fused-ring (bicyclic) bond motifs is 1. The smallest absolute Gasteiger partial charge is 0.179 e. The highest BCUT2D eigenvalue weighted by molar-refractivity contribution is 6.42. The van der Waals surface area contributed by atoms with Crippen LogP contribution in [0.3, 0.4) is 0 Å². The average Bonchev–Trinajstić information content (AvgIpc) is 3.02. The lowest BCUT2D eigenvalue weighted by molar-refractivity contribution is 0.197. The molecular weight excluding hydrogens is 379 g/mol. The van der Waals surface area contributed by atoms with Gasteiger partial charge in [-0.3, -0.25) is 4.90 Å². The Balaban J connectivity index is 1.50. The molecule has 4 nitrogen and oxygen atoms in total. The summed E-state index contributed by atoms with van der Waals surface area (Å²) >= 11 is 18.1. The summed E-state index contributed by atoms with van der Waals surface area (Å²) in [7, 11) is 0. The molecule has 3 heterocycles. The van der Waals surface area contributed by atoms with E-state index >= 15 is 0 Å². The van der Waals surface area contributed by atoms with Crippen molar-refractivity contribution in [3.63, 3.8) is 0 Å². The Bertz CT molecular complexity index is 908. The van der Waals surface area contributed by atoms with E-state index in [1.807, 2.05) is 24.3 Å². The van der Waals surface area contributed by atoms with Gasteiger partial charge in [-0.05, 0) is 49.2 Å². The van der Waals surface area contributed by atoms with E-state index in [0.29, 0.717) is 26.8 Å². The number of imidazole rings is 1. The Kier molecular flexibility index (Phi) is 4.87. The lowest BCUT2D eigenvalue weighted by atomic mass is 9.97. The Labute approximate surface area is 161 Å². The van der Waals surface area contributed by atoms with E-state index in [2.05, 4.69) is 19.9 Å². The summed E-state index contributed by atoms with van der Waals surface area (Å²) in [4.78, 5) is 14.8. The molecular formula is C18H17Cl3N4. The molecule has 25 heavy (non-hydrogen) atoms. The fourth-order valence-electron chi connectivity index (χ4n) is 3.40. The number of hydrogen-bond acceptors (Lipinski definition) is 3. The van der Waals surface area contributed by atoms with Crippen LogP contribution in [0.25, 0.3) is 11.2 Å². The number of H-pyrrole nitrogens is 1. The minimum atomic E-state index is 0.365. The first-order chi connectivity index (χ1) is 12.1. The van der Waals surface area contributed by atoms with Crippen molar-refractivity contribution in [3.8, 4) is 0 Å². The van der Waals surface area contributed by atoms with Crippen LogP contribution in [-0.4, -0.2) is 32.9 Å². The fraction of sp³-hybridized carbons (Fsp3) is 0.333. The van der Waals surface area contributed by atoms with Crippen molar-refractivity contribution in [2.24, 2.45) is 0 Å². The van der Waals surface area contributed by atoms with Gasteiger partial charge < -0.3 is 4.98 Å². The fourth-order valence-corrected chi connectivity index (χ4v) is 3.86. The zero-order valence-electron chi connectivity index (χ0n) is 13.5. The predicted molar refractivity (Wildman–Crippen MR) is 103 cm³/mol. The summed E-state index contributed by atoms with van der Waals surface area (Å²) in [5, 5.41) is 1.67. The lowest BCUT2D eigenvalue weighted by Gasteiger charge is -2.31. The Hall–Kier alpha value is -1.33. The molecule has 0 spiro atoms. The molecule has 0 unspecified atom stereocenters. The molecule has 0 radical (unpaired) electrons. The van der Waals surface area contributed by atoms with Gasteiger partial charge in [0.15, 0.2) is 5.65 Å². The van der Waals surface area contributed by atoms with Gasteiger partial charge in [0.1, 0.15) is 11.0 Å². The maximum atomic E-state index is 6.13. The van der Waals surface area contributed by atoms with Crippen molar-refractivity contribution in [1.82, 2.24) is 19.9 Å². The molecule has 0 bridgehead atoms. The molecule has 1 N–H and O–H groups in total. The van der Waals surface area contributed by atoms with Gasteiger partial charge in [-0.25, -0.2) is 9.97 Å². The van der Waals surface area contributed by atoms with Gasteiger partial charge in [-0.2, -0.15) is 0 Å². The second-order valence-corrected chi connectivity index (χ2v) is 7.65. The number of nitrogens with zero attached hydrogens (tertiary/aromatic N) is 3. The number of benzene rings is 1. The molecule has 1 saturated heterocycles. The number of aromatic amines is 1. The highest BCUT2D eigenvalue weighted by Gasteiger charge is 2.24. The van der Waals surface area contributed by atoms with E-state index in [9.17, 15) is 0 Å². The quantitative estimate of drug-likeness (QED) is 0.612. The number of hydrogen-bond donors (Lipinski definition) is 1. The Morgan fingerprint density at radius 2 is 1.96 bits per heavy atom. The van der Waals surface area contributed by atoms with Crippen LogP contribution in [-0.2, 0) is 6.54 Å². The Morgan fingerprint density at radius 3 is 2.80 bits per heavy atom. The highest BCUT2D eigenvalue weighted by Crippen LogP contribution is 2.29. The average molecular weight is 396 g/mol. The highest BCUT2D eigenvalue weighted by atomic mass is 35.5. The molecule has 3 aromatic rings. The zero-order valence-corrected chi connectivity index (χ0v) is 15.7. The number of pyridine rings is 1. The van der Waals surface area contributed by atoms with Gasteiger partial charge in [0.05, 0.1) is 15.6 Å². The van der Waals surface area contributed by atoms with Crippen LogP contribution < -0.4 is 0 Å².